The van der Waals surface area contributed by atoms with Crippen molar-refractivity contribution >= 4 is 50.8 Å². The summed E-state index contributed by atoms with van der Waals surface area (Å²) in [6.45, 7) is 5.21. The van der Waals surface area contributed by atoms with Crippen molar-refractivity contribution in [2.24, 2.45) is 0 Å². The first-order valence-corrected chi connectivity index (χ1v) is 10.0. The molecule has 1 N–H and O–H groups in total. The van der Waals surface area contributed by atoms with Gasteiger partial charge in [0.2, 0.25) is 5.91 Å². The fourth-order valence-corrected chi connectivity index (χ4v) is 4.24. The number of amides is 4. The first-order valence-electron chi connectivity index (χ1n) is 9.22. The first-order chi connectivity index (χ1) is 13.8. The summed E-state index contributed by atoms with van der Waals surface area (Å²) < 4.78 is 0.966. The maximum atomic E-state index is 12.8. The highest BCUT2D eigenvalue weighted by molar-refractivity contribution is 7.18. The number of benzene rings is 2. The van der Waals surface area contributed by atoms with Crippen LogP contribution in [0.25, 0.3) is 10.2 Å². The molecule has 1 atom stereocenters. The van der Waals surface area contributed by atoms with Crippen LogP contribution < -0.4 is 10.2 Å². The zero-order valence-electron chi connectivity index (χ0n) is 16.3. The summed E-state index contributed by atoms with van der Waals surface area (Å²) in [5, 5.41) is 3.71. The number of rotatable bonds is 4. The number of imide groups is 1. The van der Waals surface area contributed by atoms with E-state index < -0.39 is 18.0 Å². The van der Waals surface area contributed by atoms with Gasteiger partial charge in [-0.3, -0.25) is 19.4 Å². The fourth-order valence-electron chi connectivity index (χ4n) is 3.37. The summed E-state index contributed by atoms with van der Waals surface area (Å²) in [5.41, 5.74) is 3.17. The zero-order valence-corrected chi connectivity index (χ0v) is 17.1. The van der Waals surface area contributed by atoms with Gasteiger partial charge in [-0.15, -0.1) is 11.3 Å². The predicted molar refractivity (Wildman–Crippen MR) is 113 cm³/mol. The van der Waals surface area contributed by atoms with E-state index in [0.717, 1.165) is 25.7 Å². The Balaban J connectivity index is 1.48. The van der Waals surface area contributed by atoms with Crippen molar-refractivity contribution in [3.63, 3.8) is 0 Å². The summed E-state index contributed by atoms with van der Waals surface area (Å²) in [5.74, 6) is -0.815. The van der Waals surface area contributed by atoms with Crippen molar-refractivity contribution < 1.29 is 14.4 Å². The average molecular weight is 408 g/mol. The SMILES string of the molecule is Cc1ccc(N2C(=O)N(CC(=O)Nc3ccc4nc(C)sc4c3)C(=O)[C@@H]2C)cc1. The van der Waals surface area contributed by atoms with Crippen molar-refractivity contribution in [2.45, 2.75) is 26.8 Å². The number of carbonyl (C=O) groups is 3. The Morgan fingerprint density at radius 3 is 2.59 bits per heavy atom. The molecule has 8 heteroatoms. The molecule has 29 heavy (non-hydrogen) atoms. The largest absolute Gasteiger partial charge is 0.332 e. The number of carbonyl (C=O) groups excluding carboxylic acids is 3. The molecule has 0 spiro atoms. The standard InChI is InChI=1S/C21H20N4O3S/c1-12-4-7-16(8-5-12)25-13(2)20(27)24(21(25)28)11-19(26)23-15-6-9-17-18(10-15)29-14(3)22-17/h4-10,13H,11H2,1-3H3,(H,23,26)/t13-/m0/s1. The van der Waals surface area contributed by atoms with Gasteiger partial charge in [0.1, 0.15) is 12.6 Å². The highest BCUT2D eigenvalue weighted by Gasteiger charge is 2.44. The molecular formula is C21H20N4O3S. The van der Waals surface area contributed by atoms with Crippen molar-refractivity contribution in [3.05, 3.63) is 53.0 Å². The van der Waals surface area contributed by atoms with Crippen molar-refractivity contribution in [3.8, 4) is 0 Å². The molecule has 4 rings (SSSR count). The van der Waals surface area contributed by atoms with Gasteiger partial charge in [0.25, 0.3) is 5.91 Å². The number of thiazole rings is 1. The Bertz CT molecular complexity index is 1120. The molecule has 0 saturated carbocycles. The molecule has 1 aliphatic rings. The molecule has 1 fully saturated rings. The second-order valence-corrected chi connectivity index (χ2v) is 8.29. The van der Waals surface area contributed by atoms with Crippen LogP contribution in [0.15, 0.2) is 42.5 Å². The summed E-state index contributed by atoms with van der Waals surface area (Å²) in [6, 6.07) is 11.6. The van der Waals surface area contributed by atoms with E-state index in [-0.39, 0.29) is 12.5 Å². The number of nitrogens with one attached hydrogen (secondary N) is 1. The number of urea groups is 1. The van der Waals surface area contributed by atoms with E-state index >= 15 is 0 Å². The van der Waals surface area contributed by atoms with E-state index in [1.165, 1.54) is 16.2 Å². The molecule has 4 amide bonds. The molecule has 148 valence electrons. The topological polar surface area (TPSA) is 82.6 Å². The number of hydrogen-bond acceptors (Lipinski definition) is 5. The van der Waals surface area contributed by atoms with Crippen molar-refractivity contribution in [1.82, 2.24) is 9.88 Å². The van der Waals surface area contributed by atoms with E-state index in [4.69, 9.17) is 0 Å². The van der Waals surface area contributed by atoms with Gasteiger partial charge < -0.3 is 5.32 Å². The normalized spacial score (nSPS) is 16.7. The number of hydrogen-bond donors (Lipinski definition) is 1. The maximum absolute atomic E-state index is 12.8. The lowest BCUT2D eigenvalue weighted by Crippen LogP contribution is -2.39. The minimum atomic E-state index is -0.658. The Kier molecular flexibility index (Phi) is 4.79. The number of aromatic nitrogens is 1. The lowest BCUT2D eigenvalue weighted by Gasteiger charge is -2.19. The minimum Gasteiger partial charge on any atom is -0.324 e. The highest BCUT2D eigenvalue weighted by Crippen LogP contribution is 2.27. The first kappa shape index (κ1) is 19.1. The summed E-state index contributed by atoms with van der Waals surface area (Å²) in [6.07, 6.45) is 0. The summed E-state index contributed by atoms with van der Waals surface area (Å²) in [7, 11) is 0. The van der Waals surface area contributed by atoms with Gasteiger partial charge >= 0.3 is 6.03 Å². The number of nitrogens with zero attached hydrogens (tertiary/aromatic N) is 3. The molecule has 0 radical (unpaired) electrons. The van der Waals surface area contributed by atoms with Gasteiger partial charge in [0.05, 0.1) is 15.2 Å². The smallest absolute Gasteiger partial charge is 0.324 e. The molecular weight excluding hydrogens is 388 g/mol. The number of anilines is 2. The second kappa shape index (κ2) is 7.29. The van der Waals surface area contributed by atoms with Gasteiger partial charge in [-0.25, -0.2) is 9.78 Å². The zero-order chi connectivity index (χ0) is 20.7. The van der Waals surface area contributed by atoms with E-state index in [1.54, 1.807) is 25.1 Å². The van der Waals surface area contributed by atoms with Crippen molar-refractivity contribution in [1.29, 1.82) is 0 Å². The van der Waals surface area contributed by atoms with Crippen LogP contribution in [0, 0.1) is 13.8 Å². The second-order valence-electron chi connectivity index (χ2n) is 7.05. The van der Waals surface area contributed by atoms with E-state index in [2.05, 4.69) is 10.3 Å². The van der Waals surface area contributed by atoms with Crippen LogP contribution >= 0.6 is 11.3 Å². The monoisotopic (exact) mass is 408 g/mol. The predicted octanol–water partition coefficient (Wildman–Crippen LogP) is 3.71. The van der Waals surface area contributed by atoms with Gasteiger partial charge in [-0.2, -0.15) is 0 Å². The van der Waals surface area contributed by atoms with E-state index in [1.807, 2.05) is 38.1 Å². The van der Waals surface area contributed by atoms with Crippen LogP contribution in [0.5, 0.6) is 0 Å². The maximum Gasteiger partial charge on any atom is 0.332 e. The van der Waals surface area contributed by atoms with Crippen LogP contribution in [0.1, 0.15) is 17.5 Å². The molecule has 1 aromatic heterocycles. The van der Waals surface area contributed by atoms with Gasteiger partial charge in [0.15, 0.2) is 0 Å². The molecule has 2 heterocycles. The third kappa shape index (κ3) is 3.58. The Morgan fingerprint density at radius 2 is 1.86 bits per heavy atom. The third-order valence-electron chi connectivity index (χ3n) is 4.84. The van der Waals surface area contributed by atoms with Crippen LogP contribution in [0.3, 0.4) is 0 Å². The van der Waals surface area contributed by atoms with Gasteiger partial charge in [-0.05, 0) is 51.1 Å². The van der Waals surface area contributed by atoms with E-state index in [9.17, 15) is 14.4 Å². The minimum absolute atomic E-state index is 0.329. The molecule has 2 aromatic carbocycles. The fraction of sp³-hybridized carbons (Fsp3) is 0.238. The summed E-state index contributed by atoms with van der Waals surface area (Å²) in [4.78, 5) is 44.7. The molecule has 0 bridgehead atoms. The van der Waals surface area contributed by atoms with Crippen LogP contribution in [0.2, 0.25) is 0 Å². The highest BCUT2D eigenvalue weighted by atomic mass is 32.1. The molecule has 0 unspecified atom stereocenters. The van der Waals surface area contributed by atoms with Crippen LogP contribution in [0.4, 0.5) is 16.2 Å². The molecule has 0 aliphatic carbocycles. The number of fused-ring (bicyclic) bond motifs is 1. The van der Waals surface area contributed by atoms with Crippen LogP contribution in [-0.2, 0) is 9.59 Å². The lowest BCUT2D eigenvalue weighted by molar-refractivity contribution is -0.130. The molecule has 3 aromatic rings. The molecule has 1 aliphatic heterocycles. The van der Waals surface area contributed by atoms with Crippen LogP contribution in [-0.4, -0.2) is 40.3 Å². The Hall–Kier alpha value is -3.26. The lowest BCUT2D eigenvalue weighted by atomic mass is 10.2. The molecule has 1 saturated heterocycles. The Morgan fingerprint density at radius 1 is 1.14 bits per heavy atom. The Labute approximate surface area is 171 Å². The van der Waals surface area contributed by atoms with Gasteiger partial charge in [0, 0.05) is 11.4 Å². The third-order valence-corrected chi connectivity index (χ3v) is 5.77. The quantitative estimate of drug-likeness (QED) is 0.667. The van der Waals surface area contributed by atoms with Gasteiger partial charge in [-0.1, -0.05) is 17.7 Å². The van der Waals surface area contributed by atoms with Crippen molar-refractivity contribution in [2.75, 3.05) is 16.8 Å². The average Bonchev–Trinajstić information content (AvgIpc) is 3.14. The summed E-state index contributed by atoms with van der Waals surface area (Å²) >= 11 is 1.54. The number of aryl methyl sites for hydroxylation is 2. The molecule has 7 nitrogen and oxygen atoms in total. The van der Waals surface area contributed by atoms with E-state index in [0.29, 0.717) is 11.4 Å².